The molecule has 2 aromatic carbocycles. The van der Waals surface area contributed by atoms with Crippen LogP contribution in [-0.4, -0.2) is 10.5 Å². The Morgan fingerprint density at radius 1 is 0.920 bits per heavy atom. The molecule has 0 atom stereocenters. The van der Waals surface area contributed by atoms with Crippen molar-refractivity contribution < 1.29 is 18.0 Å². The Morgan fingerprint density at radius 3 is 2.08 bits per heavy atom. The van der Waals surface area contributed by atoms with Gasteiger partial charge in [0.2, 0.25) is 5.91 Å². The summed E-state index contributed by atoms with van der Waals surface area (Å²) in [5.74, 6) is -0.284. The zero-order valence-corrected chi connectivity index (χ0v) is 13.1. The maximum Gasteiger partial charge on any atom is 0.416 e. The number of aromatic nitrogens is 1. The van der Waals surface area contributed by atoms with Gasteiger partial charge in [-0.1, -0.05) is 12.1 Å². The lowest BCUT2D eigenvalue weighted by Crippen LogP contribution is -2.14. The van der Waals surface area contributed by atoms with Crippen LogP contribution in [0.3, 0.4) is 0 Å². The van der Waals surface area contributed by atoms with Gasteiger partial charge in [-0.15, -0.1) is 0 Å². The summed E-state index contributed by atoms with van der Waals surface area (Å²) in [7, 11) is 0. The van der Waals surface area contributed by atoms with Crippen molar-refractivity contribution in [2.45, 2.75) is 12.6 Å². The first kappa shape index (κ1) is 16.8. The first-order valence-electron chi connectivity index (χ1n) is 7.61. The zero-order valence-electron chi connectivity index (χ0n) is 13.1. The van der Waals surface area contributed by atoms with Crippen LogP contribution in [0.1, 0.15) is 11.1 Å². The lowest BCUT2D eigenvalue weighted by Gasteiger charge is -2.09. The van der Waals surface area contributed by atoms with Crippen molar-refractivity contribution >= 4 is 11.6 Å². The van der Waals surface area contributed by atoms with Crippen molar-refractivity contribution in [3.63, 3.8) is 0 Å². The Morgan fingerprint density at radius 2 is 1.52 bits per heavy atom. The number of hydrogen-bond acceptors (Lipinski definition) is 1. The molecule has 0 fully saturated rings. The summed E-state index contributed by atoms with van der Waals surface area (Å²) in [5.41, 5.74) is 1.39. The van der Waals surface area contributed by atoms with Crippen LogP contribution in [0.15, 0.2) is 73.1 Å². The van der Waals surface area contributed by atoms with Crippen LogP contribution in [0.5, 0.6) is 0 Å². The number of rotatable bonds is 4. The van der Waals surface area contributed by atoms with Crippen molar-refractivity contribution in [1.82, 2.24) is 4.57 Å². The summed E-state index contributed by atoms with van der Waals surface area (Å²) in [6.07, 6.45) is -0.393. The molecule has 1 amide bonds. The first-order valence-corrected chi connectivity index (χ1v) is 7.61. The second kappa shape index (κ2) is 6.84. The number of amides is 1. The molecular weight excluding hydrogens is 329 g/mol. The van der Waals surface area contributed by atoms with Gasteiger partial charge in [-0.2, -0.15) is 13.2 Å². The lowest BCUT2D eigenvalue weighted by atomic mass is 10.1. The van der Waals surface area contributed by atoms with Crippen molar-refractivity contribution in [2.24, 2.45) is 0 Å². The number of nitrogens with one attached hydrogen (secondary N) is 1. The normalized spacial score (nSPS) is 11.3. The van der Waals surface area contributed by atoms with E-state index in [4.69, 9.17) is 0 Å². The van der Waals surface area contributed by atoms with Crippen molar-refractivity contribution in [1.29, 1.82) is 0 Å². The van der Waals surface area contributed by atoms with Crippen LogP contribution < -0.4 is 5.32 Å². The highest BCUT2D eigenvalue weighted by Crippen LogP contribution is 2.29. The van der Waals surface area contributed by atoms with E-state index in [1.165, 1.54) is 12.1 Å². The predicted octanol–water partition coefficient (Wildman–Crippen LogP) is 4.68. The molecule has 0 aliphatic carbocycles. The predicted molar refractivity (Wildman–Crippen MR) is 89.5 cm³/mol. The van der Waals surface area contributed by atoms with Gasteiger partial charge in [0.1, 0.15) is 0 Å². The van der Waals surface area contributed by atoms with Gasteiger partial charge in [0.25, 0.3) is 0 Å². The molecule has 0 radical (unpaired) electrons. The highest BCUT2D eigenvalue weighted by atomic mass is 19.4. The minimum atomic E-state index is -4.38. The highest BCUT2D eigenvalue weighted by molar-refractivity contribution is 5.92. The third kappa shape index (κ3) is 4.29. The second-order valence-corrected chi connectivity index (χ2v) is 5.56. The van der Waals surface area contributed by atoms with E-state index in [1.54, 1.807) is 0 Å². The standard InChI is InChI=1S/C19H15F3N2O/c20-19(21,22)15-5-7-16(8-6-15)23-18(25)13-14-3-9-17(10-4-14)24-11-1-2-12-24/h1-12H,13H2,(H,23,25). The van der Waals surface area contributed by atoms with E-state index in [2.05, 4.69) is 5.32 Å². The number of halogens is 3. The van der Waals surface area contributed by atoms with E-state index >= 15 is 0 Å². The molecule has 1 N–H and O–H groups in total. The molecular formula is C19H15F3N2O. The molecule has 0 aliphatic rings. The zero-order chi connectivity index (χ0) is 17.9. The summed E-state index contributed by atoms with van der Waals surface area (Å²) in [6, 6.07) is 15.7. The molecule has 1 heterocycles. The Bertz CT molecular complexity index is 836. The second-order valence-electron chi connectivity index (χ2n) is 5.56. The van der Waals surface area contributed by atoms with Gasteiger partial charge < -0.3 is 9.88 Å². The van der Waals surface area contributed by atoms with E-state index in [0.29, 0.717) is 5.69 Å². The quantitative estimate of drug-likeness (QED) is 0.733. The molecule has 3 nitrogen and oxygen atoms in total. The molecule has 3 aromatic rings. The number of hydrogen-bond donors (Lipinski definition) is 1. The molecule has 0 unspecified atom stereocenters. The van der Waals surface area contributed by atoms with E-state index in [-0.39, 0.29) is 12.3 Å². The average molecular weight is 344 g/mol. The fourth-order valence-electron chi connectivity index (χ4n) is 2.43. The molecule has 0 spiro atoms. The summed E-state index contributed by atoms with van der Waals surface area (Å²) >= 11 is 0. The van der Waals surface area contributed by atoms with Crippen molar-refractivity contribution in [2.75, 3.05) is 5.32 Å². The summed E-state index contributed by atoms with van der Waals surface area (Å²) < 4.78 is 39.5. The monoisotopic (exact) mass is 344 g/mol. The van der Waals surface area contributed by atoms with Gasteiger partial charge in [-0.05, 0) is 54.1 Å². The fraction of sp³-hybridized carbons (Fsp3) is 0.105. The molecule has 1 aromatic heterocycles. The van der Waals surface area contributed by atoms with Gasteiger partial charge in [0.15, 0.2) is 0 Å². The van der Waals surface area contributed by atoms with Gasteiger partial charge in [0.05, 0.1) is 12.0 Å². The van der Waals surface area contributed by atoms with Crippen molar-refractivity contribution in [3.8, 4) is 5.69 Å². The summed E-state index contributed by atoms with van der Waals surface area (Å²) in [4.78, 5) is 12.0. The Hall–Kier alpha value is -3.02. The number of nitrogens with zero attached hydrogens (tertiary/aromatic N) is 1. The smallest absolute Gasteiger partial charge is 0.326 e. The summed E-state index contributed by atoms with van der Waals surface area (Å²) in [5, 5.41) is 2.60. The van der Waals surface area contributed by atoms with Crippen LogP contribution in [0.2, 0.25) is 0 Å². The van der Waals surface area contributed by atoms with E-state index < -0.39 is 11.7 Å². The molecule has 0 saturated carbocycles. The number of benzene rings is 2. The van der Waals surface area contributed by atoms with Crippen molar-refractivity contribution in [3.05, 3.63) is 84.2 Å². The number of anilines is 1. The minimum Gasteiger partial charge on any atom is -0.326 e. The molecule has 3 rings (SSSR count). The average Bonchev–Trinajstić information content (AvgIpc) is 3.09. The number of carbonyl (C=O) groups is 1. The molecule has 0 aliphatic heterocycles. The van der Waals surface area contributed by atoms with Crippen LogP contribution >= 0.6 is 0 Å². The van der Waals surface area contributed by atoms with Crippen LogP contribution in [-0.2, 0) is 17.4 Å². The molecule has 0 saturated heterocycles. The van der Waals surface area contributed by atoms with E-state index in [9.17, 15) is 18.0 Å². The third-order valence-electron chi connectivity index (χ3n) is 3.70. The topological polar surface area (TPSA) is 34.0 Å². The maximum atomic E-state index is 12.5. The van der Waals surface area contributed by atoms with Gasteiger partial charge in [0, 0.05) is 23.8 Å². The largest absolute Gasteiger partial charge is 0.416 e. The van der Waals surface area contributed by atoms with Crippen LogP contribution in [0, 0.1) is 0 Å². The third-order valence-corrected chi connectivity index (χ3v) is 3.70. The van der Waals surface area contributed by atoms with Gasteiger partial charge in [-0.25, -0.2) is 0 Å². The Labute approximate surface area is 142 Å². The van der Waals surface area contributed by atoms with E-state index in [0.717, 1.165) is 23.4 Å². The minimum absolute atomic E-state index is 0.146. The Balaban J connectivity index is 1.61. The van der Waals surface area contributed by atoms with Crippen LogP contribution in [0.25, 0.3) is 5.69 Å². The fourth-order valence-corrected chi connectivity index (χ4v) is 2.43. The number of alkyl halides is 3. The molecule has 0 bridgehead atoms. The molecule has 6 heteroatoms. The molecule has 25 heavy (non-hydrogen) atoms. The molecule has 128 valence electrons. The summed E-state index contributed by atoms with van der Waals surface area (Å²) in [6.45, 7) is 0. The van der Waals surface area contributed by atoms with Gasteiger partial charge in [-0.3, -0.25) is 4.79 Å². The van der Waals surface area contributed by atoms with E-state index in [1.807, 2.05) is 53.4 Å². The SMILES string of the molecule is O=C(Cc1ccc(-n2cccc2)cc1)Nc1ccc(C(F)(F)F)cc1. The lowest BCUT2D eigenvalue weighted by molar-refractivity contribution is -0.137. The first-order chi connectivity index (χ1) is 11.9. The van der Waals surface area contributed by atoms with Crippen LogP contribution in [0.4, 0.5) is 18.9 Å². The van der Waals surface area contributed by atoms with Gasteiger partial charge >= 0.3 is 6.18 Å². The number of carbonyl (C=O) groups excluding carboxylic acids is 1. The highest BCUT2D eigenvalue weighted by Gasteiger charge is 2.29. The maximum absolute atomic E-state index is 12.5. The Kier molecular flexibility index (Phi) is 4.61.